The maximum Gasteiger partial charge on any atom is 0.212 e. The van der Waals surface area contributed by atoms with Crippen molar-refractivity contribution in [2.45, 2.75) is 39.7 Å². The maximum atomic E-state index is 5.09. The first-order valence-corrected chi connectivity index (χ1v) is 8.13. The van der Waals surface area contributed by atoms with Crippen LogP contribution in [0.1, 0.15) is 47.8 Å². The molecule has 0 unspecified atom stereocenters. The van der Waals surface area contributed by atoms with Gasteiger partial charge in [-0.3, -0.25) is 0 Å². The second-order valence-electron chi connectivity index (χ2n) is 5.24. The number of rotatable bonds is 7. The quantitative estimate of drug-likeness (QED) is 0.852. The zero-order valence-electron chi connectivity index (χ0n) is 13.1. The van der Waals surface area contributed by atoms with Crippen molar-refractivity contribution >= 4 is 11.3 Å². The molecule has 21 heavy (non-hydrogen) atoms. The molecule has 0 saturated heterocycles. The number of ether oxygens (including phenoxy) is 1. The molecule has 114 valence electrons. The summed E-state index contributed by atoms with van der Waals surface area (Å²) >= 11 is 1.80. The zero-order chi connectivity index (χ0) is 15.2. The van der Waals surface area contributed by atoms with Crippen molar-refractivity contribution in [2.75, 3.05) is 13.7 Å². The molecule has 0 bridgehead atoms. The van der Waals surface area contributed by atoms with Crippen LogP contribution in [-0.4, -0.2) is 23.6 Å². The topological polar surface area (TPSA) is 47.0 Å². The van der Waals surface area contributed by atoms with Crippen LogP contribution < -0.4 is 10.1 Å². The second-order valence-corrected chi connectivity index (χ2v) is 6.40. The van der Waals surface area contributed by atoms with Crippen LogP contribution in [0.2, 0.25) is 0 Å². The molecule has 0 aromatic carbocycles. The minimum Gasteiger partial charge on any atom is -0.481 e. The highest BCUT2D eigenvalue weighted by atomic mass is 32.1. The van der Waals surface area contributed by atoms with Crippen molar-refractivity contribution in [2.24, 2.45) is 0 Å². The first-order valence-electron chi connectivity index (χ1n) is 7.32. The van der Waals surface area contributed by atoms with Crippen LogP contribution in [0.15, 0.2) is 18.3 Å². The van der Waals surface area contributed by atoms with Crippen LogP contribution in [-0.2, 0) is 13.0 Å². The molecule has 0 aliphatic carbocycles. The lowest BCUT2D eigenvalue weighted by atomic mass is 10.1. The van der Waals surface area contributed by atoms with E-state index in [1.165, 1.54) is 10.6 Å². The van der Waals surface area contributed by atoms with Gasteiger partial charge in [-0.15, -0.1) is 11.3 Å². The van der Waals surface area contributed by atoms with E-state index < -0.39 is 0 Å². The standard InChI is InChI=1S/C16H23N3OS/c1-5-17-10-13-16(11(2)3)19-15(21-13)8-12-6-7-14(20-4)18-9-12/h6-7,9,11,17H,5,8,10H2,1-4H3. The van der Waals surface area contributed by atoms with Crippen LogP contribution in [0.4, 0.5) is 0 Å². The smallest absolute Gasteiger partial charge is 0.212 e. The van der Waals surface area contributed by atoms with Crippen molar-refractivity contribution in [3.63, 3.8) is 0 Å². The van der Waals surface area contributed by atoms with Crippen LogP contribution >= 0.6 is 11.3 Å². The van der Waals surface area contributed by atoms with Gasteiger partial charge in [-0.25, -0.2) is 9.97 Å². The Balaban J connectivity index is 2.15. The second kappa shape index (κ2) is 7.52. The molecular formula is C16H23N3OS. The zero-order valence-corrected chi connectivity index (χ0v) is 14.0. The third-order valence-corrected chi connectivity index (χ3v) is 4.29. The number of nitrogens with zero attached hydrogens (tertiary/aromatic N) is 2. The number of hydrogen-bond acceptors (Lipinski definition) is 5. The molecule has 4 nitrogen and oxygen atoms in total. The Kier molecular flexibility index (Phi) is 5.70. The van der Waals surface area contributed by atoms with E-state index in [0.29, 0.717) is 11.8 Å². The van der Waals surface area contributed by atoms with E-state index >= 15 is 0 Å². The molecule has 2 aromatic heterocycles. The Morgan fingerprint density at radius 2 is 2.14 bits per heavy atom. The Labute approximate surface area is 130 Å². The highest BCUT2D eigenvalue weighted by Gasteiger charge is 2.14. The highest BCUT2D eigenvalue weighted by molar-refractivity contribution is 7.11. The molecule has 0 atom stereocenters. The number of aromatic nitrogens is 2. The molecule has 0 fully saturated rings. The Hall–Kier alpha value is -1.46. The molecular weight excluding hydrogens is 282 g/mol. The normalized spacial score (nSPS) is 11.1. The first-order chi connectivity index (χ1) is 10.1. The van der Waals surface area contributed by atoms with Gasteiger partial charge in [-0.05, 0) is 18.0 Å². The average Bonchev–Trinajstić information content (AvgIpc) is 2.89. The van der Waals surface area contributed by atoms with Gasteiger partial charge in [0.05, 0.1) is 17.8 Å². The number of nitrogens with one attached hydrogen (secondary N) is 1. The summed E-state index contributed by atoms with van der Waals surface area (Å²) in [4.78, 5) is 10.4. The van der Waals surface area contributed by atoms with Gasteiger partial charge >= 0.3 is 0 Å². The lowest BCUT2D eigenvalue weighted by Gasteiger charge is -2.04. The van der Waals surface area contributed by atoms with Gasteiger partial charge in [-0.2, -0.15) is 0 Å². The lowest BCUT2D eigenvalue weighted by Crippen LogP contribution is -2.12. The molecule has 2 aromatic rings. The lowest BCUT2D eigenvalue weighted by molar-refractivity contribution is 0.397. The minimum atomic E-state index is 0.456. The molecule has 5 heteroatoms. The summed E-state index contributed by atoms with van der Waals surface area (Å²) in [5.41, 5.74) is 2.38. The van der Waals surface area contributed by atoms with Crippen molar-refractivity contribution in [3.05, 3.63) is 39.5 Å². The summed E-state index contributed by atoms with van der Waals surface area (Å²) in [6.07, 6.45) is 2.69. The maximum absolute atomic E-state index is 5.09. The Morgan fingerprint density at radius 1 is 1.33 bits per heavy atom. The van der Waals surface area contributed by atoms with E-state index in [4.69, 9.17) is 9.72 Å². The molecule has 1 N–H and O–H groups in total. The van der Waals surface area contributed by atoms with Gasteiger partial charge < -0.3 is 10.1 Å². The number of pyridine rings is 1. The fourth-order valence-electron chi connectivity index (χ4n) is 2.12. The third-order valence-electron chi connectivity index (χ3n) is 3.22. The van der Waals surface area contributed by atoms with Crippen LogP contribution in [0, 0.1) is 0 Å². The summed E-state index contributed by atoms with van der Waals surface area (Å²) in [5.74, 6) is 1.10. The molecule has 0 radical (unpaired) electrons. The van der Waals surface area contributed by atoms with E-state index in [9.17, 15) is 0 Å². The van der Waals surface area contributed by atoms with E-state index in [2.05, 4.69) is 31.1 Å². The summed E-state index contributed by atoms with van der Waals surface area (Å²) in [6.45, 7) is 8.40. The third kappa shape index (κ3) is 4.25. The molecule has 0 aliphatic rings. The first kappa shape index (κ1) is 15.9. The van der Waals surface area contributed by atoms with Gasteiger partial charge in [0, 0.05) is 30.1 Å². The van der Waals surface area contributed by atoms with E-state index in [1.807, 2.05) is 18.3 Å². The van der Waals surface area contributed by atoms with Crippen molar-refractivity contribution in [3.8, 4) is 5.88 Å². The molecule has 0 aliphatic heterocycles. The summed E-state index contributed by atoms with van der Waals surface area (Å²) < 4.78 is 5.09. The van der Waals surface area contributed by atoms with Crippen molar-refractivity contribution in [1.82, 2.24) is 15.3 Å². The Bertz CT molecular complexity index is 563. The average molecular weight is 305 g/mol. The van der Waals surface area contributed by atoms with Gasteiger partial charge in [-0.1, -0.05) is 26.8 Å². The molecule has 0 saturated carbocycles. The van der Waals surface area contributed by atoms with Crippen molar-refractivity contribution < 1.29 is 4.74 Å². The molecule has 2 rings (SSSR count). The molecule has 0 spiro atoms. The number of thiazole rings is 1. The molecule has 0 amide bonds. The van der Waals surface area contributed by atoms with Crippen LogP contribution in [0.3, 0.4) is 0 Å². The van der Waals surface area contributed by atoms with E-state index in [0.717, 1.165) is 30.1 Å². The van der Waals surface area contributed by atoms with Gasteiger partial charge in [0.15, 0.2) is 0 Å². The fourth-order valence-corrected chi connectivity index (χ4v) is 3.34. The SMILES string of the molecule is CCNCc1sc(Cc2ccc(OC)nc2)nc1C(C)C. The van der Waals surface area contributed by atoms with E-state index in [1.54, 1.807) is 18.4 Å². The highest BCUT2D eigenvalue weighted by Crippen LogP contribution is 2.26. The van der Waals surface area contributed by atoms with Gasteiger partial charge in [0.1, 0.15) is 0 Å². The summed E-state index contributed by atoms with van der Waals surface area (Å²) in [5, 5.41) is 4.55. The van der Waals surface area contributed by atoms with Gasteiger partial charge in [0.2, 0.25) is 5.88 Å². The Morgan fingerprint density at radius 3 is 2.71 bits per heavy atom. The fraction of sp³-hybridized carbons (Fsp3) is 0.500. The largest absolute Gasteiger partial charge is 0.481 e. The van der Waals surface area contributed by atoms with Crippen LogP contribution in [0.5, 0.6) is 5.88 Å². The van der Waals surface area contributed by atoms with Crippen LogP contribution in [0.25, 0.3) is 0 Å². The monoisotopic (exact) mass is 305 g/mol. The minimum absolute atomic E-state index is 0.456. The van der Waals surface area contributed by atoms with Gasteiger partial charge in [0.25, 0.3) is 0 Å². The summed E-state index contributed by atoms with van der Waals surface area (Å²) in [7, 11) is 1.63. The van der Waals surface area contributed by atoms with E-state index in [-0.39, 0.29) is 0 Å². The van der Waals surface area contributed by atoms with Crippen molar-refractivity contribution in [1.29, 1.82) is 0 Å². The predicted molar refractivity (Wildman–Crippen MR) is 87.2 cm³/mol. The summed E-state index contributed by atoms with van der Waals surface area (Å²) in [6, 6.07) is 3.94. The molecule has 2 heterocycles. The predicted octanol–water partition coefficient (Wildman–Crippen LogP) is 3.37. The number of hydrogen-bond donors (Lipinski definition) is 1. The number of methoxy groups -OCH3 is 1.